The van der Waals surface area contributed by atoms with E-state index in [0.717, 1.165) is 35.6 Å². The van der Waals surface area contributed by atoms with Crippen LogP contribution >= 0.6 is 11.6 Å². The topological polar surface area (TPSA) is 79.5 Å². The predicted molar refractivity (Wildman–Crippen MR) is 143 cm³/mol. The van der Waals surface area contributed by atoms with Gasteiger partial charge in [-0.3, -0.25) is 9.59 Å². The number of hydrogen-bond donors (Lipinski definition) is 0. The Morgan fingerprint density at radius 1 is 1.05 bits per heavy atom. The van der Waals surface area contributed by atoms with E-state index in [1.807, 2.05) is 68.4 Å². The number of piperidine rings is 1. The molecule has 1 aromatic heterocycles. The molecule has 2 heterocycles. The zero-order valence-electron chi connectivity index (χ0n) is 20.9. The van der Waals surface area contributed by atoms with Gasteiger partial charge in [-0.2, -0.15) is 4.98 Å². The van der Waals surface area contributed by atoms with E-state index in [4.69, 9.17) is 16.1 Å². The van der Waals surface area contributed by atoms with Crippen LogP contribution in [0.4, 0.5) is 0 Å². The lowest BCUT2D eigenvalue weighted by Gasteiger charge is -2.36. The summed E-state index contributed by atoms with van der Waals surface area (Å²) in [5, 5.41) is 6.78. The molecule has 1 fully saturated rings. The molecule has 2 amide bonds. The average Bonchev–Trinajstić information content (AvgIpc) is 3.41. The van der Waals surface area contributed by atoms with Crippen molar-refractivity contribution in [3.05, 3.63) is 83.2 Å². The van der Waals surface area contributed by atoms with Gasteiger partial charge >= 0.3 is 0 Å². The molecule has 5 rings (SSSR count). The maximum Gasteiger partial charge on any atom is 0.254 e. The van der Waals surface area contributed by atoms with Crippen molar-refractivity contribution in [3.8, 4) is 11.4 Å². The van der Waals surface area contributed by atoms with Crippen molar-refractivity contribution in [1.29, 1.82) is 0 Å². The molecule has 0 aliphatic carbocycles. The van der Waals surface area contributed by atoms with Gasteiger partial charge in [0.05, 0.1) is 0 Å². The summed E-state index contributed by atoms with van der Waals surface area (Å²) in [7, 11) is 0. The van der Waals surface area contributed by atoms with Crippen LogP contribution in [0.5, 0.6) is 0 Å². The minimum atomic E-state index is -0.327. The van der Waals surface area contributed by atoms with Crippen LogP contribution in [0.2, 0.25) is 5.02 Å². The number of likely N-dealkylation sites (tertiary alicyclic amines) is 1. The number of benzene rings is 3. The zero-order chi connectivity index (χ0) is 25.9. The molecule has 1 atom stereocenters. The molecule has 37 heavy (non-hydrogen) atoms. The van der Waals surface area contributed by atoms with Crippen molar-refractivity contribution in [3.63, 3.8) is 0 Å². The number of aromatic nitrogens is 2. The third kappa shape index (κ3) is 5.37. The largest absolute Gasteiger partial charge is 0.337 e. The molecule has 1 unspecified atom stereocenters. The van der Waals surface area contributed by atoms with Crippen molar-refractivity contribution in [2.24, 2.45) is 0 Å². The molecule has 0 radical (unpaired) electrons. The third-order valence-electron chi connectivity index (χ3n) is 6.82. The highest BCUT2D eigenvalue weighted by Gasteiger charge is 2.34. The van der Waals surface area contributed by atoms with Gasteiger partial charge in [-0.1, -0.05) is 59.2 Å². The molecule has 1 aliphatic rings. The van der Waals surface area contributed by atoms with E-state index in [1.54, 1.807) is 21.9 Å². The molecular weight excluding hydrogens is 488 g/mol. The minimum Gasteiger partial charge on any atom is -0.337 e. The lowest BCUT2D eigenvalue weighted by molar-refractivity contribution is -0.136. The van der Waals surface area contributed by atoms with Gasteiger partial charge in [0.1, 0.15) is 12.6 Å². The standard InChI is InChI=1S/C29H29ClN4O3/c1-19(2)34(29(36)23-14-13-20-8-3-4-9-21(20)16-23)18-26(35)33-15-6-5-12-25(33)28-31-27(32-37-28)22-10-7-11-24(30)17-22/h3-4,7-11,13-14,16-17,19,25H,5-6,12,15,18H2,1-2H3. The Hall–Kier alpha value is -3.71. The van der Waals surface area contributed by atoms with Gasteiger partial charge < -0.3 is 14.3 Å². The van der Waals surface area contributed by atoms with Crippen molar-refractivity contribution in [1.82, 2.24) is 19.9 Å². The summed E-state index contributed by atoms with van der Waals surface area (Å²) in [6, 6.07) is 20.3. The quantitative estimate of drug-likeness (QED) is 0.307. The van der Waals surface area contributed by atoms with Crippen LogP contribution in [0.25, 0.3) is 22.2 Å². The minimum absolute atomic E-state index is 0.0187. The van der Waals surface area contributed by atoms with Crippen LogP contribution in [-0.2, 0) is 4.79 Å². The number of rotatable bonds is 6. The maximum atomic E-state index is 13.6. The Morgan fingerprint density at radius 3 is 2.65 bits per heavy atom. The van der Waals surface area contributed by atoms with Gasteiger partial charge in [0.25, 0.3) is 5.91 Å². The molecule has 0 N–H and O–H groups in total. The van der Waals surface area contributed by atoms with Gasteiger partial charge in [-0.25, -0.2) is 0 Å². The van der Waals surface area contributed by atoms with Crippen molar-refractivity contribution in [2.75, 3.05) is 13.1 Å². The van der Waals surface area contributed by atoms with E-state index in [0.29, 0.717) is 28.8 Å². The molecule has 190 valence electrons. The van der Waals surface area contributed by atoms with E-state index in [1.165, 1.54) is 0 Å². The summed E-state index contributed by atoms with van der Waals surface area (Å²) in [6.45, 7) is 4.41. The summed E-state index contributed by atoms with van der Waals surface area (Å²) in [5.74, 6) is 0.546. The number of amides is 2. The Kier molecular flexibility index (Phi) is 7.24. The van der Waals surface area contributed by atoms with Gasteiger partial charge in [0.2, 0.25) is 17.6 Å². The number of carbonyl (C=O) groups is 2. The molecule has 0 saturated carbocycles. The third-order valence-corrected chi connectivity index (χ3v) is 7.05. The summed E-state index contributed by atoms with van der Waals surface area (Å²) < 4.78 is 5.61. The van der Waals surface area contributed by atoms with Crippen LogP contribution in [0.15, 0.2) is 71.3 Å². The molecule has 7 nitrogen and oxygen atoms in total. The molecule has 4 aromatic rings. The van der Waals surface area contributed by atoms with Crippen LogP contribution in [0.3, 0.4) is 0 Å². The SMILES string of the molecule is CC(C)N(CC(=O)N1CCCCC1c1nc(-c2cccc(Cl)c2)no1)C(=O)c1ccc2ccccc2c1. The number of fused-ring (bicyclic) bond motifs is 1. The molecule has 3 aromatic carbocycles. The summed E-state index contributed by atoms with van der Waals surface area (Å²) in [6.07, 6.45) is 2.56. The molecular formula is C29H29ClN4O3. The van der Waals surface area contributed by atoms with E-state index in [9.17, 15) is 9.59 Å². The Labute approximate surface area is 221 Å². The highest BCUT2D eigenvalue weighted by Crippen LogP contribution is 2.32. The fourth-order valence-electron chi connectivity index (χ4n) is 4.82. The van der Waals surface area contributed by atoms with Gasteiger partial charge in [-0.05, 0) is 68.1 Å². The van der Waals surface area contributed by atoms with Gasteiger partial charge in [0.15, 0.2) is 0 Å². The van der Waals surface area contributed by atoms with E-state index in [2.05, 4.69) is 10.1 Å². The normalized spacial score (nSPS) is 15.8. The summed E-state index contributed by atoms with van der Waals surface area (Å²) in [5.41, 5.74) is 1.32. The first-order chi connectivity index (χ1) is 17.9. The second-order valence-corrected chi connectivity index (χ2v) is 10.1. The highest BCUT2D eigenvalue weighted by molar-refractivity contribution is 6.30. The zero-order valence-corrected chi connectivity index (χ0v) is 21.7. The summed E-state index contributed by atoms with van der Waals surface area (Å²) >= 11 is 6.12. The van der Waals surface area contributed by atoms with E-state index < -0.39 is 0 Å². The Bertz CT molecular complexity index is 1430. The Morgan fingerprint density at radius 2 is 1.86 bits per heavy atom. The van der Waals surface area contributed by atoms with Crippen molar-refractivity contribution >= 4 is 34.2 Å². The van der Waals surface area contributed by atoms with Crippen LogP contribution < -0.4 is 0 Å². The summed E-state index contributed by atoms with van der Waals surface area (Å²) in [4.78, 5) is 35.1. The number of nitrogens with zero attached hydrogens (tertiary/aromatic N) is 4. The van der Waals surface area contributed by atoms with E-state index >= 15 is 0 Å². The lowest BCUT2D eigenvalue weighted by Crippen LogP contribution is -2.48. The van der Waals surface area contributed by atoms with E-state index in [-0.39, 0.29) is 30.4 Å². The maximum absolute atomic E-state index is 13.6. The first-order valence-corrected chi connectivity index (χ1v) is 13.0. The first-order valence-electron chi connectivity index (χ1n) is 12.6. The molecule has 0 spiro atoms. The smallest absolute Gasteiger partial charge is 0.254 e. The average molecular weight is 517 g/mol. The second kappa shape index (κ2) is 10.7. The number of halogens is 1. The van der Waals surface area contributed by atoms with Crippen molar-refractivity contribution < 1.29 is 14.1 Å². The fourth-order valence-corrected chi connectivity index (χ4v) is 5.01. The number of carbonyl (C=O) groups excluding carboxylic acids is 2. The van der Waals surface area contributed by atoms with Crippen LogP contribution in [0.1, 0.15) is 55.4 Å². The molecule has 0 bridgehead atoms. The molecule has 1 aliphatic heterocycles. The molecule has 1 saturated heterocycles. The first kappa shape index (κ1) is 25.0. The highest BCUT2D eigenvalue weighted by atomic mass is 35.5. The second-order valence-electron chi connectivity index (χ2n) is 9.65. The fraction of sp³-hybridized carbons (Fsp3) is 0.310. The van der Waals surface area contributed by atoms with Crippen molar-refractivity contribution in [2.45, 2.75) is 45.2 Å². The Balaban J connectivity index is 1.35. The lowest BCUT2D eigenvalue weighted by atomic mass is 10.0. The monoisotopic (exact) mass is 516 g/mol. The van der Waals surface area contributed by atoms with Gasteiger partial charge in [0, 0.05) is 28.7 Å². The van der Waals surface area contributed by atoms with Gasteiger partial charge in [-0.15, -0.1) is 0 Å². The number of hydrogen-bond acceptors (Lipinski definition) is 5. The van der Waals surface area contributed by atoms with Crippen LogP contribution in [-0.4, -0.2) is 50.9 Å². The molecule has 8 heteroatoms. The van der Waals surface area contributed by atoms with Crippen LogP contribution in [0, 0.1) is 0 Å². The predicted octanol–water partition coefficient (Wildman–Crippen LogP) is 6.15.